The Bertz CT molecular complexity index is 430. The Kier molecular flexibility index (Phi) is 3.07. The van der Waals surface area contributed by atoms with Crippen LogP contribution in [-0.4, -0.2) is 22.6 Å². The Morgan fingerprint density at radius 3 is 2.57 bits per heavy atom. The van der Waals surface area contributed by atoms with Gasteiger partial charge in [-0.05, 0) is 19.2 Å². The number of sulfonamides is 1. The lowest BCUT2D eigenvalue weighted by Gasteiger charge is -2.06. The Labute approximate surface area is 81.8 Å². The number of rotatable bonds is 3. The van der Waals surface area contributed by atoms with Crippen LogP contribution in [0.2, 0.25) is 0 Å². The lowest BCUT2D eigenvalue weighted by molar-refractivity contribution is 0.380. The normalized spacial score (nSPS) is 11.4. The second kappa shape index (κ2) is 3.93. The van der Waals surface area contributed by atoms with Crippen LogP contribution in [0.25, 0.3) is 0 Å². The molecule has 1 N–H and O–H groups in total. The zero-order chi connectivity index (χ0) is 10.8. The molecule has 0 amide bonds. The molecule has 0 heterocycles. The van der Waals surface area contributed by atoms with Crippen molar-refractivity contribution in [1.82, 2.24) is 4.72 Å². The molecule has 78 valence electrons. The number of halogens is 1. The molecule has 4 nitrogen and oxygen atoms in total. The van der Waals surface area contributed by atoms with Gasteiger partial charge in [0.15, 0.2) is 11.6 Å². The third-order valence-corrected chi connectivity index (χ3v) is 3.14. The number of methoxy groups -OCH3 is 1. The molecule has 0 spiro atoms. The zero-order valence-corrected chi connectivity index (χ0v) is 8.56. The average molecular weight is 219 g/mol. The summed E-state index contributed by atoms with van der Waals surface area (Å²) in [5.74, 6) is -0.981. The Morgan fingerprint density at radius 1 is 1.43 bits per heavy atom. The van der Waals surface area contributed by atoms with Crippen LogP contribution in [0.15, 0.2) is 23.1 Å². The molecule has 0 aliphatic rings. The maximum atomic E-state index is 13.4. The van der Waals surface area contributed by atoms with E-state index in [-0.39, 0.29) is 5.75 Å². The van der Waals surface area contributed by atoms with Gasteiger partial charge in [-0.25, -0.2) is 17.5 Å². The monoisotopic (exact) mass is 219 g/mol. The van der Waals surface area contributed by atoms with E-state index in [1.165, 1.54) is 32.4 Å². The minimum Gasteiger partial charge on any atom is -0.494 e. The van der Waals surface area contributed by atoms with Gasteiger partial charge in [0, 0.05) is 0 Å². The molecule has 0 bridgehead atoms. The van der Waals surface area contributed by atoms with Crippen LogP contribution < -0.4 is 9.46 Å². The SMILES string of the molecule is CNS(=O)(=O)c1cccc(OC)c1F. The summed E-state index contributed by atoms with van der Waals surface area (Å²) < 4.78 is 42.7. The fraction of sp³-hybridized carbons (Fsp3) is 0.250. The van der Waals surface area contributed by atoms with Crippen LogP contribution in [-0.2, 0) is 10.0 Å². The molecule has 14 heavy (non-hydrogen) atoms. The zero-order valence-electron chi connectivity index (χ0n) is 7.74. The maximum Gasteiger partial charge on any atom is 0.243 e. The van der Waals surface area contributed by atoms with E-state index in [0.717, 1.165) is 0 Å². The number of benzene rings is 1. The molecular formula is C8H10FNO3S. The van der Waals surface area contributed by atoms with Crippen molar-refractivity contribution < 1.29 is 17.5 Å². The lowest BCUT2D eigenvalue weighted by atomic mass is 10.3. The van der Waals surface area contributed by atoms with E-state index in [1.807, 2.05) is 4.72 Å². The fourth-order valence-corrected chi connectivity index (χ4v) is 1.78. The first-order valence-corrected chi connectivity index (χ1v) is 5.27. The highest BCUT2D eigenvalue weighted by molar-refractivity contribution is 7.89. The molecule has 6 heteroatoms. The molecule has 0 saturated carbocycles. The number of hydrogen-bond acceptors (Lipinski definition) is 3. The maximum absolute atomic E-state index is 13.4. The Balaban J connectivity index is 3.37. The van der Waals surface area contributed by atoms with Gasteiger partial charge in [-0.3, -0.25) is 0 Å². The summed E-state index contributed by atoms with van der Waals surface area (Å²) in [7, 11) is -1.28. The Morgan fingerprint density at radius 2 is 2.07 bits per heavy atom. The summed E-state index contributed by atoms with van der Waals surface area (Å²) in [6, 6.07) is 3.93. The molecule has 1 aromatic rings. The fourth-order valence-electron chi connectivity index (χ4n) is 0.966. The first kappa shape index (κ1) is 10.9. The van der Waals surface area contributed by atoms with E-state index >= 15 is 0 Å². The van der Waals surface area contributed by atoms with Crippen LogP contribution >= 0.6 is 0 Å². The minimum atomic E-state index is -3.77. The summed E-state index contributed by atoms with van der Waals surface area (Å²) in [5.41, 5.74) is 0. The second-order valence-electron chi connectivity index (χ2n) is 2.48. The standard InChI is InChI=1S/C8H10FNO3S/c1-10-14(11,12)7-5-3-4-6(13-2)8(7)9/h3-5,10H,1-2H3. The highest BCUT2D eigenvalue weighted by Gasteiger charge is 2.19. The highest BCUT2D eigenvalue weighted by Crippen LogP contribution is 2.23. The molecule has 0 unspecified atom stereocenters. The predicted molar refractivity (Wildman–Crippen MR) is 49.2 cm³/mol. The van der Waals surface area contributed by atoms with Gasteiger partial charge >= 0.3 is 0 Å². The third-order valence-electron chi connectivity index (χ3n) is 1.71. The first-order chi connectivity index (χ1) is 6.53. The summed E-state index contributed by atoms with van der Waals surface area (Å²) in [6.45, 7) is 0. The predicted octanol–water partition coefficient (Wildman–Crippen LogP) is 0.742. The molecule has 0 aliphatic heterocycles. The molecule has 1 aromatic carbocycles. The molecule has 0 aromatic heterocycles. The molecule has 0 radical (unpaired) electrons. The van der Waals surface area contributed by atoms with Crippen LogP contribution in [0.4, 0.5) is 4.39 Å². The van der Waals surface area contributed by atoms with E-state index in [0.29, 0.717) is 0 Å². The molecule has 0 aliphatic carbocycles. The second-order valence-corrected chi connectivity index (χ2v) is 4.33. The summed E-state index contributed by atoms with van der Waals surface area (Å²) in [6.07, 6.45) is 0. The topological polar surface area (TPSA) is 55.4 Å². The van der Waals surface area contributed by atoms with E-state index < -0.39 is 20.7 Å². The number of nitrogens with one attached hydrogen (secondary N) is 1. The van der Waals surface area contributed by atoms with Crippen molar-refractivity contribution in [1.29, 1.82) is 0 Å². The van der Waals surface area contributed by atoms with Gasteiger partial charge in [0.05, 0.1) is 7.11 Å². The molecule has 1 rings (SSSR count). The van der Waals surface area contributed by atoms with Crippen LogP contribution in [0.1, 0.15) is 0 Å². The van der Waals surface area contributed by atoms with Crippen molar-refractivity contribution in [3.63, 3.8) is 0 Å². The van der Waals surface area contributed by atoms with Crippen molar-refractivity contribution in [3.8, 4) is 5.75 Å². The van der Waals surface area contributed by atoms with E-state index in [1.54, 1.807) is 0 Å². The smallest absolute Gasteiger partial charge is 0.243 e. The van der Waals surface area contributed by atoms with Gasteiger partial charge < -0.3 is 4.74 Å². The van der Waals surface area contributed by atoms with Crippen molar-refractivity contribution in [2.24, 2.45) is 0 Å². The minimum absolute atomic E-state index is 0.0960. The summed E-state index contributed by atoms with van der Waals surface area (Å²) in [4.78, 5) is -0.417. The van der Waals surface area contributed by atoms with Crippen LogP contribution in [0, 0.1) is 5.82 Å². The van der Waals surface area contributed by atoms with Crippen molar-refractivity contribution in [2.75, 3.05) is 14.2 Å². The van der Waals surface area contributed by atoms with E-state index in [9.17, 15) is 12.8 Å². The summed E-state index contributed by atoms with van der Waals surface area (Å²) >= 11 is 0. The largest absolute Gasteiger partial charge is 0.494 e. The van der Waals surface area contributed by atoms with Gasteiger partial charge in [-0.15, -0.1) is 0 Å². The van der Waals surface area contributed by atoms with Crippen molar-refractivity contribution >= 4 is 10.0 Å². The van der Waals surface area contributed by atoms with Crippen molar-refractivity contribution in [3.05, 3.63) is 24.0 Å². The van der Waals surface area contributed by atoms with Gasteiger partial charge in [-0.2, -0.15) is 0 Å². The Hall–Kier alpha value is -1.14. The van der Waals surface area contributed by atoms with E-state index in [2.05, 4.69) is 4.74 Å². The number of ether oxygens (including phenoxy) is 1. The molecule has 0 fully saturated rings. The quantitative estimate of drug-likeness (QED) is 0.815. The van der Waals surface area contributed by atoms with Gasteiger partial charge in [-0.1, -0.05) is 6.07 Å². The van der Waals surface area contributed by atoms with E-state index in [4.69, 9.17) is 0 Å². The summed E-state index contributed by atoms with van der Waals surface area (Å²) in [5, 5.41) is 0. The highest BCUT2D eigenvalue weighted by atomic mass is 32.2. The van der Waals surface area contributed by atoms with Crippen LogP contribution in [0.3, 0.4) is 0 Å². The average Bonchev–Trinajstić information content (AvgIpc) is 2.18. The third kappa shape index (κ3) is 1.85. The lowest BCUT2D eigenvalue weighted by Crippen LogP contribution is -2.20. The van der Waals surface area contributed by atoms with Gasteiger partial charge in [0.2, 0.25) is 10.0 Å². The van der Waals surface area contributed by atoms with Crippen LogP contribution in [0.5, 0.6) is 5.75 Å². The molecular weight excluding hydrogens is 209 g/mol. The first-order valence-electron chi connectivity index (χ1n) is 3.79. The van der Waals surface area contributed by atoms with Crippen molar-refractivity contribution in [2.45, 2.75) is 4.90 Å². The van der Waals surface area contributed by atoms with Gasteiger partial charge in [0.25, 0.3) is 0 Å². The van der Waals surface area contributed by atoms with Gasteiger partial charge in [0.1, 0.15) is 4.90 Å². The molecule has 0 atom stereocenters. The number of hydrogen-bond donors (Lipinski definition) is 1. The molecule has 0 saturated heterocycles.